The Morgan fingerprint density at radius 3 is 2.55 bits per heavy atom. The van der Waals surface area contributed by atoms with Gasteiger partial charge in [0.05, 0.1) is 19.1 Å². The summed E-state index contributed by atoms with van der Waals surface area (Å²) < 4.78 is 4.76. The summed E-state index contributed by atoms with van der Waals surface area (Å²) >= 11 is 0. The average Bonchev–Trinajstić information content (AvgIpc) is 2.44. The number of Topliss-reactive ketones (excluding diaryl/α,β-unsaturated/α-hetero) is 1. The summed E-state index contributed by atoms with van der Waals surface area (Å²) in [5, 5.41) is 9.34. The molecule has 0 atom stereocenters. The molecule has 6 nitrogen and oxygen atoms in total. The largest absolute Gasteiger partial charge is 0.460 e. The molecule has 1 rings (SSSR count). The molecule has 1 amide bonds. The lowest BCUT2D eigenvalue weighted by atomic mass is 10.1. The summed E-state index contributed by atoms with van der Waals surface area (Å²) in [6, 6.07) is 0. The van der Waals surface area contributed by atoms with Crippen molar-refractivity contribution in [3.05, 3.63) is 12.2 Å². The van der Waals surface area contributed by atoms with E-state index in [1.54, 1.807) is 0 Å². The Balaban J connectivity index is 2.30. The van der Waals surface area contributed by atoms with E-state index >= 15 is 0 Å². The molecule has 0 saturated carbocycles. The highest BCUT2D eigenvalue weighted by Gasteiger charge is 2.25. The predicted molar refractivity (Wildman–Crippen MR) is 71.8 cm³/mol. The number of amides is 1. The molecule has 1 N–H and O–H groups in total. The van der Waals surface area contributed by atoms with Crippen LogP contribution in [0.5, 0.6) is 0 Å². The first-order valence-electron chi connectivity index (χ1n) is 6.81. The fourth-order valence-electron chi connectivity index (χ4n) is 1.90. The van der Waals surface area contributed by atoms with Crippen LogP contribution >= 0.6 is 0 Å². The van der Waals surface area contributed by atoms with Gasteiger partial charge in [0.1, 0.15) is 0 Å². The van der Waals surface area contributed by atoms with Crippen molar-refractivity contribution in [2.45, 2.75) is 38.7 Å². The van der Waals surface area contributed by atoms with Crippen LogP contribution in [0.4, 0.5) is 0 Å². The molecule has 1 aliphatic heterocycles. The smallest absolute Gasteiger partial charge is 0.375 e. The second kappa shape index (κ2) is 8.47. The van der Waals surface area contributed by atoms with Crippen LogP contribution in [-0.4, -0.2) is 53.5 Å². The monoisotopic (exact) mass is 283 g/mol. The molecule has 1 saturated heterocycles. The third-order valence-electron chi connectivity index (χ3n) is 3.11. The molecule has 0 aromatic carbocycles. The van der Waals surface area contributed by atoms with Crippen molar-refractivity contribution in [1.29, 1.82) is 0 Å². The zero-order valence-corrected chi connectivity index (χ0v) is 11.7. The minimum atomic E-state index is -0.958. The van der Waals surface area contributed by atoms with E-state index in [9.17, 15) is 19.5 Å². The van der Waals surface area contributed by atoms with Gasteiger partial charge in [0.2, 0.25) is 11.7 Å². The second-order valence-electron chi connectivity index (χ2n) is 4.71. The minimum Gasteiger partial charge on any atom is -0.460 e. The van der Waals surface area contributed by atoms with Gasteiger partial charge in [0.25, 0.3) is 0 Å². The Morgan fingerprint density at radius 1 is 1.30 bits per heavy atom. The standard InChI is InChI=1S/C14H21NO5/c1-2-3-4-9-20-14(19)12(17)10-13(18)15-7-5-11(16)6-8-15/h2-3,11,16H,4-10H2,1H3/b3-2-. The van der Waals surface area contributed by atoms with E-state index in [0.29, 0.717) is 32.4 Å². The Bertz CT molecular complexity index is 383. The van der Waals surface area contributed by atoms with E-state index in [-0.39, 0.29) is 18.6 Å². The molecular weight excluding hydrogens is 262 g/mol. The number of aliphatic hydroxyl groups is 1. The molecule has 1 aliphatic rings. The first-order valence-corrected chi connectivity index (χ1v) is 6.81. The predicted octanol–water partition coefficient (Wildman–Crippen LogP) is 0.438. The highest BCUT2D eigenvalue weighted by Crippen LogP contribution is 2.11. The summed E-state index contributed by atoms with van der Waals surface area (Å²) in [4.78, 5) is 36.2. The quantitative estimate of drug-likeness (QED) is 0.251. The average molecular weight is 283 g/mol. The van der Waals surface area contributed by atoms with Crippen molar-refractivity contribution < 1.29 is 24.2 Å². The minimum absolute atomic E-state index is 0.138. The van der Waals surface area contributed by atoms with Crippen LogP contribution in [0.1, 0.15) is 32.6 Å². The molecule has 0 spiro atoms. The third-order valence-corrected chi connectivity index (χ3v) is 3.11. The van der Waals surface area contributed by atoms with Gasteiger partial charge >= 0.3 is 5.97 Å². The zero-order chi connectivity index (χ0) is 15.0. The lowest BCUT2D eigenvalue weighted by Gasteiger charge is -2.29. The van der Waals surface area contributed by atoms with Gasteiger partial charge in [0, 0.05) is 13.1 Å². The number of ether oxygens (including phenoxy) is 1. The van der Waals surface area contributed by atoms with Gasteiger partial charge in [-0.2, -0.15) is 0 Å². The third kappa shape index (κ3) is 5.52. The van der Waals surface area contributed by atoms with Crippen LogP contribution in [0.15, 0.2) is 12.2 Å². The highest BCUT2D eigenvalue weighted by molar-refractivity contribution is 6.36. The van der Waals surface area contributed by atoms with Crippen molar-refractivity contribution in [2.75, 3.05) is 19.7 Å². The van der Waals surface area contributed by atoms with Crippen molar-refractivity contribution in [2.24, 2.45) is 0 Å². The molecule has 0 aromatic rings. The Morgan fingerprint density at radius 2 is 1.95 bits per heavy atom. The van der Waals surface area contributed by atoms with E-state index < -0.39 is 18.2 Å². The van der Waals surface area contributed by atoms with Crippen molar-refractivity contribution >= 4 is 17.7 Å². The van der Waals surface area contributed by atoms with Gasteiger partial charge in [0.15, 0.2) is 0 Å². The first kappa shape index (κ1) is 16.4. The molecule has 112 valence electrons. The normalized spacial score (nSPS) is 16.4. The van der Waals surface area contributed by atoms with E-state index in [1.807, 2.05) is 19.1 Å². The van der Waals surface area contributed by atoms with Gasteiger partial charge in [-0.3, -0.25) is 9.59 Å². The number of esters is 1. The summed E-state index contributed by atoms with van der Waals surface area (Å²) in [5.74, 6) is -2.16. The fraction of sp³-hybridized carbons (Fsp3) is 0.643. The van der Waals surface area contributed by atoms with Gasteiger partial charge < -0.3 is 14.7 Å². The molecular formula is C14H21NO5. The van der Waals surface area contributed by atoms with Gasteiger partial charge in [-0.1, -0.05) is 12.2 Å². The molecule has 20 heavy (non-hydrogen) atoms. The number of rotatable bonds is 6. The Kier molecular flexibility index (Phi) is 6.93. The second-order valence-corrected chi connectivity index (χ2v) is 4.71. The van der Waals surface area contributed by atoms with Crippen molar-refractivity contribution in [3.8, 4) is 0 Å². The maximum absolute atomic E-state index is 11.8. The number of aliphatic hydroxyl groups excluding tert-OH is 1. The maximum atomic E-state index is 11.8. The van der Waals surface area contributed by atoms with Crippen molar-refractivity contribution in [3.63, 3.8) is 0 Å². The number of piperidine rings is 1. The van der Waals surface area contributed by atoms with Crippen LogP contribution in [0, 0.1) is 0 Å². The number of ketones is 1. The molecule has 0 unspecified atom stereocenters. The number of carbonyl (C=O) groups is 3. The number of hydrogen-bond acceptors (Lipinski definition) is 5. The van der Waals surface area contributed by atoms with E-state index in [2.05, 4.69) is 0 Å². The zero-order valence-electron chi connectivity index (χ0n) is 11.7. The van der Waals surface area contributed by atoms with Crippen LogP contribution in [0.25, 0.3) is 0 Å². The molecule has 0 aliphatic carbocycles. The Hall–Kier alpha value is -1.69. The molecule has 1 fully saturated rings. The lowest BCUT2D eigenvalue weighted by molar-refractivity contribution is -0.155. The van der Waals surface area contributed by atoms with Crippen molar-refractivity contribution in [1.82, 2.24) is 4.90 Å². The van der Waals surface area contributed by atoms with Crippen LogP contribution in [0.2, 0.25) is 0 Å². The summed E-state index contributed by atoms with van der Waals surface area (Å²) in [7, 11) is 0. The van der Waals surface area contributed by atoms with Crippen LogP contribution in [-0.2, 0) is 19.1 Å². The molecule has 0 radical (unpaired) electrons. The van der Waals surface area contributed by atoms with Gasteiger partial charge in [-0.25, -0.2) is 4.79 Å². The molecule has 1 heterocycles. The summed E-state index contributed by atoms with van der Waals surface area (Å²) in [5.41, 5.74) is 0. The molecule has 6 heteroatoms. The lowest BCUT2D eigenvalue weighted by Crippen LogP contribution is -2.41. The maximum Gasteiger partial charge on any atom is 0.375 e. The topological polar surface area (TPSA) is 83.9 Å². The van der Waals surface area contributed by atoms with E-state index in [4.69, 9.17) is 4.74 Å². The van der Waals surface area contributed by atoms with Gasteiger partial charge in [-0.15, -0.1) is 0 Å². The van der Waals surface area contributed by atoms with E-state index in [0.717, 1.165) is 0 Å². The number of hydrogen-bond donors (Lipinski definition) is 1. The molecule has 0 bridgehead atoms. The first-order chi connectivity index (χ1) is 9.54. The number of likely N-dealkylation sites (tertiary alicyclic amines) is 1. The number of nitrogens with zero attached hydrogens (tertiary/aromatic N) is 1. The number of carbonyl (C=O) groups excluding carboxylic acids is 3. The summed E-state index contributed by atoms with van der Waals surface area (Å²) in [6.45, 7) is 2.83. The van der Waals surface area contributed by atoms with Crippen LogP contribution in [0.3, 0.4) is 0 Å². The molecule has 0 aromatic heterocycles. The van der Waals surface area contributed by atoms with Gasteiger partial charge in [-0.05, 0) is 26.2 Å². The van der Waals surface area contributed by atoms with Crippen LogP contribution < -0.4 is 0 Å². The number of allylic oxidation sites excluding steroid dienone is 1. The summed E-state index contributed by atoms with van der Waals surface area (Å²) in [6.07, 6.45) is 4.37. The SMILES string of the molecule is C/C=C\CCOC(=O)C(=O)CC(=O)N1CCC(O)CC1. The van der Waals surface area contributed by atoms with E-state index in [1.165, 1.54) is 4.90 Å². The fourth-order valence-corrected chi connectivity index (χ4v) is 1.90. The highest BCUT2D eigenvalue weighted by atomic mass is 16.5. The Labute approximate surface area is 118 Å².